The highest BCUT2D eigenvalue weighted by Gasteiger charge is 2.37. The van der Waals surface area contributed by atoms with Gasteiger partial charge in [0, 0.05) is 0 Å². The van der Waals surface area contributed by atoms with E-state index < -0.39 is 5.60 Å². The van der Waals surface area contributed by atoms with Crippen molar-refractivity contribution in [3.63, 3.8) is 0 Å². The first kappa shape index (κ1) is 10.7. The molecule has 0 radical (unpaired) electrons. The van der Waals surface area contributed by atoms with Crippen molar-refractivity contribution in [2.45, 2.75) is 45.6 Å². The molecule has 1 heteroatoms. The molecule has 1 aliphatic carbocycles. The third-order valence-corrected chi connectivity index (χ3v) is 3.99. The molecule has 0 aliphatic heterocycles. The lowest BCUT2D eigenvalue weighted by molar-refractivity contribution is -0.0399. The van der Waals surface area contributed by atoms with Gasteiger partial charge in [-0.25, -0.2) is 0 Å². The predicted octanol–water partition coefficient (Wildman–Crippen LogP) is 3.31. The van der Waals surface area contributed by atoms with Crippen LogP contribution in [0.25, 0.3) is 0 Å². The van der Waals surface area contributed by atoms with Crippen molar-refractivity contribution in [3.05, 3.63) is 34.9 Å². The fraction of sp³-hybridized carbons (Fsp3) is 0.571. The lowest BCUT2D eigenvalue weighted by Crippen LogP contribution is -2.36. The highest BCUT2D eigenvalue weighted by atomic mass is 16.3. The molecule has 2 rings (SSSR count). The third-order valence-electron chi connectivity index (χ3n) is 3.99. The van der Waals surface area contributed by atoms with Crippen molar-refractivity contribution in [1.82, 2.24) is 0 Å². The van der Waals surface area contributed by atoms with Crippen molar-refractivity contribution < 1.29 is 5.11 Å². The van der Waals surface area contributed by atoms with Gasteiger partial charge in [-0.3, -0.25) is 0 Å². The second kappa shape index (κ2) is 3.64. The topological polar surface area (TPSA) is 20.2 Å². The SMILES string of the molecule is Cc1ccc(C(C)(O)C2CCC2)cc1C. The van der Waals surface area contributed by atoms with E-state index in [0.717, 1.165) is 5.56 Å². The lowest BCUT2D eigenvalue weighted by Gasteiger charge is -2.39. The largest absolute Gasteiger partial charge is 0.385 e. The number of aliphatic hydroxyl groups is 1. The van der Waals surface area contributed by atoms with Gasteiger partial charge < -0.3 is 5.11 Å². The molecule has 0 bridgehead atoms. The number of hydrogen-bond donors (Lipinski definition) is 1. The average molecular weight is 204 g/mol. The molecule has 1 aromatic rings. The maximum Gasteiger partial charge on any atom is 0.0896 e. The van der Waals surface area contributed by atoms with Gasteiger partial charge in [-0.2, -0.15) is 0 Å². The first-order chi connectivity index (χ1) is 7.01. The normalized spacial score (nSPS) is 20.8. The summed E-state index contributed by atoms with van der Waals surface area (Å²) in [4.78, 5) is 0. The van der Waals surface area contributed by atoms with Gasteiger partial charge in [0.05, 0.1) is 5.60 Å². The summed E-state index contributed by atoms with van der Waals surface area (Å²) in [5.41, 5.74) is 3.02. The number of hydrogen-bond acceptors (Lipinski definition) is 1. The first-order valence-electron chi connectivity index (χ1n) is 5.82. The number of benzene rings is 1. The molecule has 0 heterocycles. The van der Waals surface area contributed by atoms with Crippen molar-refractivity contribution in [3.8, 4) is 0 Å². The van der Waals surface area contributed by atoms with Crippen LogP contribution in [0.5, 0.6) is 0 Å². The van der Waals surface area contributed by atoms with Crippen LogP contribution >= 0.6 is 0 Å². The fourth-order valence-corrected chi connectivity index (χ4v) is 2.26. The van der Waals surface area contributed by atoms with Gasteiger partial charge in [0.1, 0.15) is 0 Å². The summed E-state index contributed by atoms with van der Waals surface area (Å²) in [5.74, 6) is 0.458. The van der Waals surface area contributed by atoms with Crippen LogP contribution < -0.4 is 0 Å². The van der Waals surface area contributed by atoms with E-state index in [1.165, 1.54) is 30.4 Å². The Bertz CT molecular complexity index is 362. The maximum absolute atomic E-state index is 10.5. The van der Waals surface area contributed by atoms with Gasteiger partial charge in [0.25, 0.3) is 0 Å². The summed E-state index contributed by atoms with van der Waals surface area (Å²) in [6, 6.07) is 6.31. The smallest absolute Gasteiger partial charge is 0.0896 e. The summed E-state index contributed by atoms with van der Waals surface area (Å²) in [5, 5.41) is 10.5. The molecular weight excluding hydrogens is 184 g/mol. The second-order valence-corrected chi connectivity index (χ2v) is 5.07. The van der Waals surface area contributed by atoms with Gasteiger partial charge in [0.2, 0.25) is 0 Å². The van der Waals surface area contributed by atoms with Crippen molar-refractivity contribution >= 4 is 0 Å². The number of rotatable bonds is 2. The van der Waals surface area contributed by atoms with Crippen LogP contribution in [0.4, 0.5) is 0 Å². The van der Waals surface area contributed by atoms with E-state index in [-0.39, 0.29) is 0 Å². The Labute approximate surface area is 92.1 Å². The molecule has 1 unspecified atom stereocenters. The number of aryl methyl sites for hydroxylation is 2. The molecule has 1 nitrogen and oxygen atoms in total. The van der Waals surface area contributed by atoms with Crippen LogP contribution in [0.15, 0.2) is 18.2 Å². The second-order valence-electron chi connectivity index (χ2n) is 5.07. The standard InChI is InChI=1S/C14H20O/c1-10-7-8-13(9-11(10)2)14(3,15)12-5-4-6-12/h7-9,12,15H,4-6H2,1-3H3. The minimum Gasteiger partial charge on any atom is -0.385 e. The van der Waals surface area contributed by atoms with Crippen LogP contribution in [0.2, 0.25) is 0 Å². The summed E-state index contributed by atoms with van der Waals surface area (Å²) >= 11 is 0. The van der Waals surface area contributed by atoms with Crippen LogP contribution in [0.1, 0.15) is 42.9 Å². The minimum absolute atomic E-state index is 0.458. The fourth-order valence-electron chi connectivity index (χ4n) is 2.26. The zero-order valence-corrected chi connectivity index (χ0v) is 9.88. The van der Waals surface area contributed by atoms with Crippen LogP contribution in [-0.2, 0) is 5.60 Å². The summed E-state index contributed by atoms with van der Waals surface area (Å²) < 4.78 is 0. The molecule has 1 saturated carbocycles. The van der Waals surface area contributed by atoms with Crippen molar-refractivity contribution in [2.75, 3.05) is 0 Å². The Kier molecular flexibility index (Phi) is 2.59. The Balaban J connectivity index is 2.31. The Morgan fingerprint density at radius 3 is 2.33 bits per heavy atom. The van der Waals surface area contributed by atoms with Gasteiger partial charge in [-0.1, -0.05) is 24.6 Å². The minimum atomic E-state index is -0.628. The molecular formula is C14H20O. The van der Waals surface area contributed by atoms with Gasteiger partial charge >= 0.3 is 0 Å². The average Bonchev–Trinajstić information content (AvgIpc) is 2.05. The summed E-state index contributed by atoms with van der Waals surface area (Å²) in [6.07, 6.45) is 3.60. The Morgan fingerprint density at radius 1 is 1.20 bits per heavy atom. The van der Waals surface area contributed by atoms with E-state index >= 15 is 0 Å². The highest BCUT2D eigenvalue weighted by molar-refractivity contribution is 5.33. The molecule has 1 aliphatic rings. The zero-order valence-electron chi connectivity index (χ0n) is 9.88. The van der Waals surface area contributed by atoms with E-state index in [4.69, 9.17) is 0 Å². The maximum atomic E-state index is 10.5. The van der Waals surface area contributed by atoms with E-state index in [1.54, 1.807) is 0 Å². The van der Waals surface area contributed by atoms with Gasteiger partial charge in [-0.15, -0.1) is 0 Å². The van der Waals surface area contributed by atoms with E-state index in [2.05, 4.69) is 32.0 Å². The molecule has 1 aromatic carbocycles. The zero-order chi connectivity index (χ0) is 11.1. The Hall–Kier alpha value is -0.820. The molecule has 0 saturated heterocycles. The van der Waals surface area contributed by atoms with E-state index in [1.807, 2.05) is 6.92 Å². The third kappa shape index (κ3) is 1.81. The summed E-state index contributed by atoms with van der Waals surface area (Å²) in [6.45, 7) is 6.17. The first-order valence-corrected chi connectivity index (χ1v) is 5.82. The molecule has 0 amide bonds. The van der Waals surface area contributed by atoms with Crippen LogP contribution in [0.3, 0.4) is 0 Å². The molecule has 1 N–H and O–H groups in total. The van der Waals surface area contributed by atoms with Crippen LogP contribution in [0, 0.1) is 19.8 Å². The molecule has 0 spiro atoms. The lowest BCUT2D eigenvalue weighted by atomic mass is 9.70. The van der Waals surface area contributed by atoms with Crippen LogP contribution in [-0.4, -0.2) is 5.11 Å². The molecule has 1 fully saturated rings. The van der Waals surface area contributed by atoms with Gasteiger partial charge in [0.15, 0.2) is 0 Å². The van der Waals surface area contributed by atoms with E-state index in [0.29, 0.717) is 5.92 Å². The van der Waals surface area contributed by atoms with Crippen molar-refractivity contribution in [1.29, 1.82) is 0 Å². The van der Waals surface area contributed by atoms with Crippen molar-refractivity contribution in [2.24, 2.45) is 5.92 Å². The molecule has 0 aromatic heterocycles. The highest BCUT2D eigenvalue weighted by Crippen LogP contribution is 2.42. The quantitative estimate of drug-likeness (QED) is 0.783. The van der Waals surface area contributed by atoms with E-state index in [9.17, 15) is 5.11 Å². The molecule has 82 valence electrons. The predicted molar refractivity (Wildman–Crippen MR) is 62.8 cm³/mol. The van der Waals surface area contributed by atoms with Gasteiger partial charge in [-0.05, 0) is 56.2 Å². The Morgan fingerprint density at radius 2 is 1.87 bits per heavy atom. The molecule has 15 heavy (non-hydrogen) atoms. The monoisotopic (exact) mass is 204 g/mol. The summed E-state index contributed by atoms with van der Waals surface area (Å²) in [7, 11) is 0. The molecule has 1 atom stereocenters.